The molecule has 16 heavy (non-hydrogen) atoms. The van der Waals surface area contributed by atoms with Crippen LogP contribution in [-0.2, 0) is 0 Å². The third kappa shape index (κ3) is 1.83. The molecule has 0 unspecified atom stereocenters. The van der Waals surface area contributed by atoms with E-state index in [0.29, 0.717) is 6.07 Å². The Labute approximate surface area is 92.9 Å². The number of rotatable bonds is 1. The van der Waals surface area contributed by atoms with E-state index in [2.05, 4.69) is 15.0 Å². The van der Waals surface area contributed by atoms with Crippen molar-refractivity contribution in [1.82, 2.24) is 15.0 Å². The fraction of sp³-hybridized carbons (Fsp3) is 0. The van der Waals surface area contributed by atoms with Crippen molar-refractivity contribution in [3.63, 3.8) is 0 Å². The average molecular weight is 246 g/mol. The van der Waals surface area contributed by atoms with Crippen molar-refractivity contribution in [3.8, 4) is 11.4 Å². The SMILES string of the molecule is Fc1cnc(-c2ncnc(Cl)c2F)c(F)c1. The zero-order valence-electron chi connectivity index (χ0n) is 7.59. The van der Waals surface area contributed by atoms with Crippen LogP contribution in [-0.4, -0.2) is 15.0 Å². The summed E-state index contributed by atoms with van der Waals surface area (Å²) in [7, 11) is 0. The van der Waals surface area contributed by atoms with Crippen molar-refractivity contribution in [3.05, 3.63) is 41.2 Å². The van der Waals surface area contributed by atoms with Crippen molar-refractivity contribution in [1.29, 1.82) is 0 Å². The Morgan fingerprint density at radius 1 is 1.00 bits per heavy atom. The van der Waals surface area contributed by atoms with E-state index in [1.54, 1.807) is 0 Å². The van der Waals surface area contributed by atoms with E-state index in [0.717, 1.165) is 12.5 Å². The highest BCUT2D eigenvalue weighted by atomic mass is 35.5. The number of pyridine rings is 1. The third-order valence-corrected chi connectivity index (χ3v) is 2.04. The van der Waals surface area contributed by atoms with Crippen molar-refractivity contribution in [2.75, 3.05) is 0 Å². The number of nitrogens with zero attached hydrogens (tertiary/aromatic N) is 3. The van der Waals surface area contributed by atoms with Crippen LogP contribution in [0, 0.1) is 17.5 Å². The molecule has 0 saturated heterocycles. The van der Waals surface area contributed by atoms with E-state index in [-0.39, 0.29) is 0 Å². The monoisotopic (exact) mass is 245 g/mol. The average Bonchev–Trinajstić information content (AvgIpc) is 2.23. The molecule has 0 aromatic carbocycles. The lowest BCUT2D eigenvalue weighted by molar-refractivity contribution is 0.571. The van der Waals surface area contributed by atoms with Gasteiger partial charge in [-0.3, -0.25) is 0 Å². The predicted octanol–water partition coefficient (Wildman–Crippen LogP) is 2.61. The zero-order chi connectivity index (χ0) is 11.7. The molecule has 2 aromatic rings. The van der Waals surface area contributed by atoms with E-state index in [1.807, 2.05) is 0 Å². The first kappa shape index (κ1) is 10.8. The van der Waals surface area contributed by atoms with Crippen LogP contribution in [0.25, 0.3) is 11.4 Å². The molecule has 0 radical (unpaired) electrons. The van der Waals surface area contributed by atoms with Crippen LogP contribution in [0.1, 0.15) is 0 Å². The topological polar surface area (TPSA) is 38.7 Å². The van der Waals surface area contributed by atoms with Gasteiger partial charge in [-0.05, 0) is 0 Å². The van der Waals surface area contributed by atoms with Crippen LogP contribution in [0.4, 0.5) is 13.2 Å². The molecule has 0 amide bonds. The molecule has 82 valence electrons. The molecule has 0 atom stereocenters. The van der Waals surface area contributed by atoms with Crippen molar-refractivity contribution in [2.45, 2.75) is 0 Å². The van der Waals surface area contributed by atoms with Gasteiger partial charge in [-0.15, -0.1) is 0 Å². The van der Waals surface area contributed by atoms with Gasteiger partial charge in [-0.2, -0.15) is 0 Å². The summed E-state index contributed by atoms with van der Waals surface area (Å²) in [4.78, 5) is 10.3. The summed E-state index contributed by atoms with van der Waals surface area (Å²) in [5.41, 5.74) is -0.819. The minimum absolute atomic E-state index is 0.405. The van der Waals surface area contributed by atoms with Gasteiger partial charge in [0.25, 0.3) is 0 Å². The summed E-state index contributed by atoms with van der Waals surface area (Å²) in [5, 5.41) is -0.449. The second-order valence-electron chi connectivity index (χ2n) is 2.81. The van der Waals surface area contributed by atoms with Gasteiger partial charge in [-0.25, -0.2) is 28.1 Å². The summed E-state index contributed by atoms with van der Waals surface area (Å²) >= 11 is 5.40. The van der Waals surface area contributed by atoms with E-state index < -0.39 is 34.0 Å². The van der Waals surface area contributed by atoms with Gasteiger partial charge < -0.3 is 0 Å². The molecule has 7 heteroatoms. The van der Waals surface area contributed by atoms with Gasteiger partial charge >= 0.3 is 0 Å². The molecule has 2 aromatic heterocycles. The second kappa shape index (κ2) is 4.05. The van der Waals surface area contributed by atoms with Crippen molar-refractivity contribution < 1.29 is 13.2 Å². The normalized spacial score (nSPS) is 10.5. The molecular formula is C9H3ClF3N3. The molecule has 0 fully saturated rings. The number of halogens is 4. The number of hydrogen-bond acceptors (Lipinski definition) is 3. The minimum Gasteiger partial charge on any atom is -0.248 e. The van der Waals surface area contributed by atoms with Gasteiger partial charge in [0.1, 0.15) is 23.5 Å². The fourth-order valence-electron chi connectivity index (χ4n) is 1.10. The van der Waals surface area contributed by atoms with Crippen LogP contribution >= 0.6 is 11.6 Å². The molecule has 2 rings (SSSR count). The zero-order valence-corrected chi connectivity index (χ0v) is 8.34. The molecule has 3 nitrogen and oxygen atoms in total. The van der Waals surface area contributed by atoms with Gasteiger partial charge in [0.15, 0.2) is 16.8 Å². The standard InChI is InChI=1S/C9H3ClF3N3/c10-9-6(13)8(15-3-16-9)7-5(12)1-4(11)2-14-7/h1-3H. The van der Waals surface area contributed by atoms with Crippen LogP contribution in [0.5, 0.6) is 0 Å². The Kier molecular flexibility index (Phi) is 2.74. The van der Waals surface area contributed by atoms with Crippen LogP contribution in [0.2, 0.25) is 5.15 Å². The maximum absolute atomic E-state index is 13.4. The maximum Gasteiger partial charge on any atom is 0.188 e. The lowest BCUT2D eigenvalue weighted by atomic mass is 10.2. The first-order valence-electron chi connectivity index (χ1n) is 4.07. The Morgan fingerprint density at radius 3 is 2.44 bits per heavy atom. The molecule has 2 heterocycles. The quantitative estimate of drug-likeness (QED) is 0.725. The maximum atomic E-state index is 13.4. The Hall–Kier alpha value is -1.69. The van der Waals surface area contributed by atoms with Gasteiger partial charge in [0.05, 0.1) is 6.20 Å². The summed E-state index contributed by atoms with van der Waals surface area (Å²) in [6.07, 6.45) is 1.72. The van der Waals surface area contributed by atoms with Crippen LogP contribution in [0.3, 0.4) is 0 Å². The fourth-order valence-corrected chi connectivity index (χ4v) is 1.24. The Bertz CT molecular complexity index is 548. The summed E-state index contributed by atoms with van der Waals surface area (Å²) < 4.78 is 39.3. The number of aromatic nitrogens is 3. The van der Waals surface area contributed by atoms with Gasteiger partial charge in [0.2, 0.25) is 0 Å². The first-order chi connectivity index (χ1) is 7.59. The second-order valence-corrected chi connectivity index (χ2v) is 3.17. The van der Waals surface area contributed by atoms with E-state index in [1.165, 1.54) is 0 Å². The van der Waals surface area contributed by atoms with E-state index in [9.17, 15) is 13.2 Å². The lowest BCUT2D eigenvalue weighted by Gasteiger charge is -2.03. The molecule has 0 aliphatic carbocycles. The minimum atomic E-state index is -1.02. The highest BCUT2D eigenvalue weighted by Gasteiger charge is 2.16. The largest absolute Gasteiger partial charge is 0.248 e. The van der Waals surface area contributed by atoms with Crippen LogP contribution in [0.15, 0.2) is 18.6 Å². The molecule has 0 saturated carbocycles. The molecular weight excluding hydrogens is 243 g/mol. The molecule has 0 bridgehead atoms. The smallest absolute Gasteiger partial charge is 0.188 e. The Balaban J connectivity index is 2.63. The summed E-state index contributed by atoms with van der Waals surface area (Å²) in [6.45, 7) is 0. The molecule has 0 aliphatic heterocycles. The molecule has 0 N–H and O–H groups in total. The van der Waals surface area contributed by atoms with Crippen molar-refractivity contribution >= 4 is 11.6 Å². The lowest BCUT2D eigenvalue weighted by Crippen LogP contribution is -1.98. The molecule has 0 spiro atoms. The van der Waals surface area contributed by atoms with Gasteiger partial charge in [-0.1, -0.05) is 11.6 Å². The highest BCUT2D eigenvalue weighted by molar-refractivity contribution is 6.29. The van der Waals surface area contributed by atoms with E-state index in [4.69, 9.17) is 11.6 Å². The van der Waals surface area contributed by atoms with E-state index >= 15 is 0 Å². The van der Waals surface area contributed by atoms with Crippen molar-refractivity contribution in [2.24, 2.45) is 0 Å². The summed E-state index contributed by atoms with van der Waals surface area (Å²) in [5.74, 6) is -2.88. The highest BCUT2D eigenvalue weighted by Crippen LogP contribution is 2.24. The summed E-state index contributed by atoms with van der Waals surface area (Å²) in [6, 6.07) is 0.581. The van der Waals surface area contributed by atoms with Crippen LogP contribution < -0.4 is 0 Å². The Morgan fingerprint density at radius 2 is 1.75 bits per heavy atom. The number of hydrogen-bond donors (Lipinski definition) is 0. The molecule has 0 aliphatic rings. The van der Waals surface area contributed by atoms with Gasteiger partial charge in [0, 0.05) is 6.07 Å². The predicted molar refractivity (Wildman–Crippen MR) is 50.1 cm³/mol. The first-order valence-corrected chi connectivity index (χ1v) is 4.45. The third-order valence-electron chi connectivity index (χ3n) is 1.78.